The molecule has 1 heterocycles. The number of nitrogens with zero attached hydrogens (tertiary/aromatic N) is 2. The molecule has 3 rings (SSSR count). The lowest BCUT2D eigenvalue weighted by Gasteiger charge is -2.07. The van der Waals surface area contributed by atoms with Gasteiger partial charge in [0.1, 0.15) is 11.6 Å². The first kappa shape index (κ1) is 11.0. The van der Waals surface area contributed by atoms with Gasteiger partial charge in [0.15, 0.2) is 5.82 Å². The molecular weight excluding hydrogens is 226 g/mol. The SMILES string of the molecule is COc1cccc(-c2nc(N)c3c(n2)CCC3)c1. The van der Waals surface area contributed by atoms with Crippen LogP contribution in [0.4, 0.5) is 5.82 Å². The molecule has 0 bridgehead atoms. The third kappa shape index (κ3) is 1.79. The molecule has 18 heavy (non-hydrogen) atoms. The number of nitrogen functional groups attached to an aromatic ring is 1. The van der Waals surface area contributed by atoms with Crippen molar-refractivity contribution in [1.82, 2.24) is 9.97 Å². The minimum atomic E-state index is 0.621. The van der Waals surface area contributed by atoms with Crippen LogP contribution in [0.15, 0.2) is 24.3 Å². The number of rotatable bonds is 2. The smallest absolute Gasteiger partial charge is 0.161 e. The summed E-state index contributed by atoms with van der Waals surface area (Å²) in [6.45, 7) is 0. The van der Waals surface area contributed by atoms with E-state index >= 15 is 0 Å². The van der Waals surface area contributed by atoms with Crippen molar-refractivity contribution in [3.8, 4) is 17.1 Å². The van der Waals surface area contributed by atoms with Gasteiger partial charge in [0.25, 0.3) is 0 Å². The summed E-state index contributed by atoms with van der Waals surface area (Å²) in [5, 5.41) is 0. The van der Waals surface area contributed by atoms with E-state index in [9.17, 15) is 0 Å². The Bertz CT molecular complexity index is 596. The normalized spacial score (nSPS) is 13.4. The van der Waals surface area contributed by atoms with E-state index in [-0.39, 0.29) is 0 Å². The van der Waals surface area contributed by atoms with Gasteiger partial charge >= 0.3 is 0 Å². The number of aryl methyl sites for hydroxylation is 1. The lowest BCUT2D eigenvalue weighted by Crippen LogP contribution is -2.02. The number of fused-ring (bicyclic) bond motifs is 1. The quantitative estimate of drug-likeness (QED) is 0.875. The van der Waals surface area contributed by atoms with Crippen molar-refractivity contribution < 1.29 is 4.74 Å². The molecule has 0 aliphatic heterocycles. The second-order valence-corrected chi connectivity index (χ2v) is 4.44. The van der Waals surface area contributed by atoms with Crippen LogP contribution in [0.2, 0.25) is 0 Å². The van der Waals surface area contributed by atoms with Crippen molar-refractivity contribution in [2.24, 2.45) is 0 Å². The monoisotopic (exact) mass is 241 g/mol. The first-order valence-corrected chi connectivity index (χ1v) is 6.07. The third-order valence-electron chi connectivity index (χ3n) is 3.29. The third-order valence-corrected chi connectivity index (χ3v) is 3.29. The second kappa shape index (κ2) is 4.29. The first-order chi connectivity index (χ1) is 8.78. The highest BCUT2D eigenvalue weighted by Gasteiger charge is 2.18. The zero-order valence-electron chi connectivity index (χ0n) is 10.3. The highest BCUT2D eigenvalue weighted by molar-refractivity contribution is 5.61. The van der Waals surface area contributed by atoms with Crippen LogP contribution in [0.3, 0.4) is 0 Å². The van der Waals surface area contributed by atoms with E-state index in [0.717, 1.165) is 41.8 Å². The van der Waals surface area contributed by atoms with Crippen molar-refractivity contribution in [2.75, 3.05) is 12.8 Å². The van der Waals surface area contributed by atoms with E-state index in [0.29, 0.717) is 11.6 Å². The van der Waals surface area contributed by atoms with Crippen molar-refractivity contribution in [1.29, 1.82) is 0 Å². The Morgan fingerprint density at radius 2 is 2.11 bits per heavy atom. The summed E-state index contributed by atoms with van der Waals surface area (Å²) in [6, 6.07) is 7.73. The van der Waals surface area contributed by atoms with E-state index in [4.69, 9.17) is 10.5 Å². The van der Waals surface area contributed by atoms with E-state index in [2.05, 4.69) is 9.97 Å². The number of anilines is 1. The van der Waals surface area contributed by atoms with Gasteiger partial charge in [-0.25, -0.2) is 9.97 Å². The standard InChI is InChI=1S/C14H15N3O/c1-18-10-5-2-4-9(8-10)14-16-12-7-3-6-11(12)13(15)17-14/h2,4-5,8H,3,6-7H2,1H3,(H2,15,16,17). The van der Waals surface area contributed by atoms with Crippen molar-refractivity contribution in [3.05, 3.63) is 35.5 Å². The van der Waals surface area contributed by atoms with Crippen molar-refractivity contribution >= 4 is 5.82 Å². The van der Waals surface area contributed by atoms with Gasteiger partial charge in [-0.15, -0.1) is 0 Å². The number of hydrogen-bond acceptors (Lipinski definition) is 4. The Morgan fingerprint density at radius 3 is 2.94 bits per heavy atom. The average molecular weight is 241 g/mol. The molecule has 2 aromatic rings. The van der Waals surface area contributed by atoms with Crippen molar-refractivity contribution in [2.45, 2.75) is 19.3 Å². The summed E-state index contributed by atoms with van der Waals surface area (Å²) >= 11 is 0. The fourth-order valence-electron chi connectivity index (χ4n) is 2.35. The van der Waals surface area contributed by atoms with Gasteiger partial charge < -0.3 is 10.5 Å². The van der Waals surface area contributed by atoms with Crippen LogP contribution in [0.1, 0.15) is 17.7 Å². The summed E-state index contributed by atoms with van der Waals surface area (Å²) in [5.74, 6) is 2.11. The van der Waals surface area contributed by atoms with Gasteiger partial charge in [-0.3, -0.25) is 0 Å². The van der Waals surface area contributed by atoms with E-state index in [1.54, 1.807) is 7.11 Å². The van der Waals surface area contributed by atoms with Crippen LogP contribution in [0, 0.1) is 0 Å². The fraction of sp³-hybridized carbons (Fsp3) is 0.286. The Hall–Kier alpha value is -2.10. The minimum absolute atomic E-state index is 0.621. The maximum absolute atomic E-state index is 6.00. The van der Waals surface area contributed by atoms with Crippen LogP contribution in [0.5, 0.6) is 5.75 Å². The Morgan fingerprint density at radius 1 is 1.22 bits per heavy atom. The minimum Gasteiger partial charge on any atom is -0.497 e. The molecule has 2 N–H and O–H groups in total. The molecule has 0 unspecified atom stereocenters. The summed E-state index contributed by atoms with van der Waals surface area (Å²) in [4.78, 5) is 9.01. The Labute approximate surface area is 106 Å². The zero-order valence-corrected chi connectivity index (χ0v) is 10.3. The number of hydrogen-bond donors (Lipinski definition) is 1. The van der Waals surface area contributed by atoms with Crippen LogP contribution < -0.4 is 10.5 Å². The van der Waals surface area contributed by atoms with Gasteiger partial charge in [0.05, 0.1) is 7.11 Å². The molecule has 0 saturated heterocycles. The predicted molar refractivity (Wildman–Crippen MR) is 70.5 cm³/mol. The number of aromatic nitrogens is 2. The lowest BCUT2D eigenvalue weighted by molar-refractivity contribution is 0.415. The van der Waals surface area contributed by atoms with Gasteiger partial charge in [-0.1, -0.05) is 12.1 Å². The topological polar surface area (TPSA) is 61.0 Å². The van der Waals surface area contributed by atoms with E-state index < -0.39 is 0 Å². The molecule has 1 aromatic carbocycles. The maximum atomic E-state index is 6.00. The molecule has 0 radical (unpaired) electrons. The fourth-order valence-corrected chi connectivity index (χ4v) is 2.35. The van der Waals surface area contributed by atoms with Crippen LogP contribution in [-0.4, -0.2) is 17.1 Å². The molecule has 1 aliphatic rings. The highest BCUT2D eigenvalue weighted by atomic mass is 16.5. The van der Waals surface area contributed by atoms with E-state index in [1.807, 2.05) is 24.3 Å². The molecule has 4 heteroatoms. The molecule has 0 amide bonds. The summed E-state index contributed by atoms with van der Waals surface area (Å²) < 4.78 is 5.21. The van der Waals surface area contributed by atoms with Crippen LogP contribution >= 0.6 is 0 Å². The zero-order chi connectivity index (χ0) is 12.5. The Balaban J connectivity index is 2.09. The number of nitrogens with two attached hydrogens (primary N) is 1. The largest absolute Gasteiger partial charge is 0.497 e. The summed E-state index contributed by atoms with van der Waals surface area (Å²) in [7, 11) is 1.65. The first-order valence-electron chi connectivity index (χ1n) is 6.07. The summed E-state index contributed by atoms with van der Waals surface area (Å²) in [6.07, 6.45) is 3.12. The molecule has 0 atom stereocenters. The molecule has 4 nitrogen and oxygen atoms in total. The van der Waals surface area contributed by atoms with Crippen LogP contribution in [-0.2, 0) is 12.8 Å². The van der Waals surface area contributed by atoms with Crippen LogP contribution in [0.25, 0.3) is 11.4 Å². The molecule has 0 saturated carbocycles. The lowest BCUT2D eigenvalue weighted by atomic mass is 10.1. The molecule has 1 aliphatic carbocycles. The predicted octanol–water partition coefficient (Wildman–Crippen LogP) is 2.22. The number of benzene rings is 1. The second-order valence-electron chi connectivity index (χ2n) is 4.44. The maximum Gasteiger partial charge on any atom is 0.161 e. The number of methoxy groups -OCH3 is 1. The molecule has 0 fully saturated rings. The summed E-state index contributed by atoms with van der Waals surface area (Å²) in [5.41, 5.74) is 9.16. The highest BCUT2D eigenvalue weighted by Crippen LogP contribution is 2.28. The van der Waals surface area contributed by atoms with Crippen molar-refractivity contribution in [3.63, 3.8) is 0 Å². The molecule has 1 aromatic heterocycles. The Kier molecular flexibility index (Phi) is 2.63. The molecule has 92 valence electrons. The van der Waals surface area contributed by atoms with Gasteiger partial charge in [0, 0.05) is 16.8 Å². The van der Waals surface area contributed by atoms with Gasteiger partial charge in [0.2, 0.25) is 0 Å². The number of ether oxygens (including phenoxy) is 1. The molecular formula is C14H15N3O. The van der Waals surface area contributed by atoms with E-state index in [1.165, 1.54) is 0 Å². The van der Waals surface area contributed by atoms with Gasteiger partial charge in [-0.05, 0) is 31.4 Å². The molecule has 0 spiro atoms. The average Bonchev–Trinajstić information content (AvgIpc) is 2.87. The van der Waals surface area contributed by atoms with Gasteiger partial charge in [-0.2, -0.15) is 0 Å².